The number of nitrogens with one attached hydrogen (secondary N) is 1. The van der Waals surface area contributed by atoms with Crippen molar-refractivity contribution in [3.8, 4) is 11.6 Å². The summed E-state index contributed by atoms with van der Waals surface area (Å²) < 4.78 is 12.5. The molecule has 25 heavy (non-hydrogen) atoms. The molecule has 0 fully saturated rings. The zero-order chi connectivity index (χ0) is 17.4. The Morgan fingerprint density at radius 2 is 2.24 bits per heavy atom. The Balaban J connectivity index is 1.77. The van der Waals surface area contributed by atoms with Crippen LogP contribution in [-0.2, 0) is 4.74 Å². The first kappa shape index (κ1) is 15.1. The van der Waals surface area contributed by atoms with Gasteiger partial charge < -0.3 is 14.5 Å². The first-order valence-corrected chi connectivity index (χ1v) is 7.78. The minimum atomic E-state index is -0.396. The molecule has 0 saturated carbocycles. The van der Waals surface area contributed by atoms with Crippen molar-refractivity contribution in [3.63, 3.8) is 0 Å². The van der Waals surface area contributed by atoms with E-state index < -0.39 is 5.97 Å². The lowest BCUT2D eigenvalue weighted by Crippen LogP contribution is -2.04. The number of hydrogen-bond acceptors (Lipinski definition) is 6. The van der Waals surface area contributed by atoms with E-state index in [1.165, 1.54) is 6.33 Å². The molecule has 0 unspecified atom stereocenters. The molecule has 4 aromatic heterocycles. The lowest BCUT2D eigenvalue weighted by atomic mass is 10.2. The van der Waals surface area contributed by atoms with E-state index in [1.807, 2.05) is 25.3 Å². The summed E-state index contributed by atoms with van der Waals surface area (Å²) in [6.45, 7) is 3.88. The molecule has 8 heteroatoms. The molecular weight excluding hydrogens is 322 g/mol. The summed E-state index contributed by atoms with van der Waals surface area (Å²) in [5.41, 5.74) is 2.53. The predicted molar refractivity (Wildman–Crippen MR) is 89.8 cm³/mol. The number of ether oxygens (including phenoxy) is 2. The SMILES string of the molecule is CCOC(=O)c1cn2ncnc(Oc3cnc4[nH]ccc4c3)c2c1C. The smallest absolute Gasteiger partial charge is 0.340 e. The summed E-state index contributed by atoms with van der Waals surface area (Å²) in [4.78, 5) is 23.6. The van der Waals surface area contributed by atoms with Gasteiger partial charge in [0.25, 0.3) is 0 Å². The van der Waals surface area contributed by atoms with Gasteiger partial charge in [-0.3, -0.25) is 0 Å². The molecular formula is C17H15N5O3. The van der Waals surface area contributed by atoms with E-state index in [-0.39, 0.29) is 0 Å². The van der Waals surface area contributed by atoms with Crippen LogP contribution < -0.4 is 4.74 Å². The number of pyridine rings is 1. The maximum atomic E-state index is 12.1. The first-order valence-electron chi connectivity index (χ1n) is 7.78. The van der Waals surface area contributed by atoms with Gasteiger partial charge in [-0.25, -0.2) is 14.3 Å². The van der Waals surface area contributed by atoms with Crippen molar-refractivity contribution >= 4 is 22.5 Å². The summed E-state index contributed by atoms with van der Waals surface area (Å²) in [5, 5.41) is 5.08. The van der Waals surface area contributed by atoms with Crippen molar-refractivity contribution in [1.29, 1.82) is 0 Å². The Morgan fingerprint density at radius 1 is 1.36 bits per heavy atom. The van der Waals surface area contributed by atoms with Crippen LogP contribution in [0.25, 0.3) is 16.6 Å². The molecule has 4 rings (SSSR count). The van der Waals surface area contributed by atoms with Crippen LogP contribution in [0.15, 0.2) is 37.1 Å². The van der Waals surface area contributed by atoms with Gasteiger partial charge in [0.1, 0.15) is 23.2 Å². The van der Waals surface area contributed by atoms with E-state index in [0.717, 1.165) is 11.0 Å². The van der Waals surface area contributed by atoms with Crippen LogP contribution in [0.3, 0.4) is 0 Å². The van der Waals surface area contributed by atoms with E-state index in [4.69, 9.17) is 9.47 Å². The minimum absolute atomic E-state index is 0.307. The number of aromatic amines is 1. The molecule has 0 radical (unpaired) electrons. The Bertz CT molecular complexity index is 1080. The van der Waals surface area contributed by atoms with E-state index in [2.05, 4.69) is 20.1 Å². The summed E-state index contributed by atoms with van der Waals surface area (Å²) in [5.74, 6) is 0.498. The van der Waals surface area contributed by atoms with Crippen LogP contribution in [0.5, 0.6) is 11.6 Å². The first-order chi connectivity index (χ1) is 12.2. The number of carbonyl (C=O) groups excluding carboxylic acids is 1. The van der Waals surface area contributed by atoms with Crippen molar-refractivity contribution in [3.05, 3.63) is 48.2 Å². The summed E-state index contributed by atoms with van der Waals surface area (Å²) in [6.07, 6.45) is 6.42. The number of H-pyrrole nitrogens is 1. The third kappa shape index (κ3) is 2.57. The normalized spacial score (nSPS) is 11.1. The molecule has 1 N–H and O–H groups in total. The fourth-order valence-corrected chi connectivity index (χ4v) is 2.70. The van der Waals surface area contributed by atoms with Gasteiger partial charge in [0.15, 0.2) is 0 Å². The standard InChI is InChI=1S/C17H15N5O3/c1-3-24-17(23)13-8-22-14(10(13)2)16(20-9-21-22)25-12-6-11-4-5-18-15(11)19-7-12/h4-9H,3H2,1-2H3,(H,18,19). The fraction of sp³-hybridized carbons (Fsp3) is 0.176. The molecule has 0 aromatic carbocycles. The van der Waals surface area contributed by atoms with Crippen LogP contribution in [-0.4, -0.2) is 37.1 Å². The van der Waals surface area contributed by atoms with Crippen molar-refractivity contribution in [2.24, 2.45) is 0 Å². The second kappa shape index (κ2) is 5.90. The minimum Gasteiger partial charge on any atom is -0.462 e. The molecule has 0 saturated heterocycles. The van der Waals surface area contributed by atoms with E-state index in [9.17, 15) is 4.79 Å². The molecule has 4 aromatic rings. The number of aryl methyl sites for hydroxylation is 1. The monoisotopic (exact) mass is 337 g/mol. The lowest BCUT2D eigenvalue weighted by molar-refractivity contribution is 0.0525. The molecule has 0 aliphatic carbocycles. The number of nitrogens with zero attached hydrogens (tertiary/aromatic N) is 4. The quantitative estimate of drug-likeness (QED) is 0.575. The van der Waals surface area contributed by atoms with Crippen molar-refractivity contribution in [2.45, 2.75) is 13.8 Å². The van der Waals surface area contributed by atoms with Gasteiger partial charge >= 0.3 is 5.97 Å². The third-order valence-electron chi connectivity index (χ3n) is 3.88. The zero-order valence-corrected chi connectivity index (χ0v) is 13.7. The second-order valence-corrected chi connectivity index (χ2v) is 5.44. The summed E-state index contributed by atoms with van der Waals surface area (Å²) in [7, 11) is 0. The van der Waals surface area contributed by atoms with Gasteiger partial charge in [0.2, 0.25) is 5.88 Å². The second-order valence-electron chi connectivity index (χ2n) is 5.44. The number of fused-ring (bicyclic) bond motifs is 2. The Kier molecular flexibility index (Phi) is 3.57. The van der Waals surface area contributed by atoms with Gasteiger partial charge in [-0.2, -0.15) is 10.1 Å². The average Bonchev–Trinajstić information content (AvgIpc) is 3.20. The van der Waals surface area contributed by atoms with Gasteiger partial charge in [0.05, 0.1) is 18.4 Å². The topological polar surface area (TPSA) is 94.4 Å². The number of aromatic nitrogens is 5. The van der Waals surface area contributed by atoms with Crippen LogP contribution >= 0.6 is 0 Å². The van der Waals surface area contributed by atoms with Gasteiger partial charge in [-0.15, -0.1) is 0 Å². The van der Waals surface area contributed by atoms with Crippen molar-refractivity contribution < 1.29 is 14.3 Å². The molecule has 4 heterocycles. The predicted octanol–water partition coefficient (Wildman–Crippen LogP) is 2.88. The molecule has 8 nitrogen and oxygen atoms in total. The van der Waals surface area contributed by atoms with E-state index in [0.29, 0.717) is 34.9 Å². The van der Waals surface area contributed by atoms with E-state index in [1.54, 1.807) is 23.8 Å². The number of esters is 1. The number of carbonyl (C=O) groups is 1. The summed E-state index contributed by atoms with van der Waals surface area (Å²) >= 11 is 0. The van der Waals surface area contributed by atoms with Crippen LogP contribution in [0, 0.1) is 6.92 Å². The Morgan fingerprint density at radius 3 is 3.08 bits per heavy atom. The molecule has 0 spiro atoms. The highest BCUT2D eigenvalue weighted by Crippen LogP contribution is 2.29. The zero-order valence-electron chi connectivity index (χ0n) is 13.7. The maximum Gasteiger partial charge on any atom is 0.340 e. The molecule has 126 valence electrons. The van der Waals surface area contributed by atoms with Gasteiger partial charge in [0, 0.05) is 17.8 Å². The van der Waals surface area contributed by atoms with Crippen LogP contribution in [0.2, 0.25) is 0 Å². The Labute approximate surface area is 142 Å². The highest BCUT2D eigenvalue weighted by Gasteiger charge is 2.19. The molecule has 0 aliphatic heterocycles. The molecule has 0 aliphatic rings. The maximum absolute atomic E-state index is 12.1. The molecule has 0 amide bonds. The van der Waals surface area contributed by atoms with Crippen molar-refractivity contribution in [2.75, 3.05) is 6.61 Å². The highest BCUT2D eigenvalue weighted by molar-refractivity contribution is 5.94. The summed E-state index contributed by atoms with van der Waals surface area (Å²) in [6, 6.07) is 3.77. The fourth-order valence-electron chi connectivity index (χ4n) is 2.70. The number of hydrogen-bond donors (Lipinski definition) is 1. The lowest BCUT2D eigenvalue weighted by Gasteiger charge is -2.06. The Hall–Kier alpha value is -3.42. The number of rotatable bonds is 4. The van der Waals surface area contributed by atoms with E-state index >= 15 is 0 Å². The molecule has 0 atom stereocenters. The van der Waals surface area contributed by atoms with Crippen LogP contribution in [0.1, 0.15) is 22.8 Å². The van der Waals surface area contributed by atoms with Crippen LogP contribution in [0.4, 0.5) is 0 Å². The average molecular weight is 337 g/mol. The highest BCUT2D eigenvalue weighted by atomic mass is 16.5. The van der Waals surface area contributed by atoms with Gasteiger partial charge in [-0.05, 0) is 31.5 Å². The largest absolute Gasteiger partial charge is 0.462 e. The third-order valence-corrected chi connectivity index (χ3v) is 3.88. The van der Waals surface area contributed by atoms with Crippen molar-refractivity contribution in [1.82, 2.24) is 24.6 Å². The molecule has 0 bridgehead atoms. The van der Waals surface area contributed by atoms with Gasteiger partial charge in [-0.1, -0.05) is 0 Å².